The quantitative estimate of drug-likeness (QED) is 0.0673. The number of carboxylic acids is 1. The van der Waals surface area contributed by atoms with Gasteiger partial charge >= 0.3 is 5.97 Å². The molecule has 0 radical (unpaired) electrons. The predicted molar refractivity (Wildman–Crippen MR) is 228 cm³/mol. The molecule has 0 saturated carbocycles. The van der Waals surface area contributed by atoms with Crippen molar-refractivity contribution in [1.29, 1.82) is 0 Å². The lowest BCUT2D eigenvalue weighted by molar-refractivity contribution is -0.143. The van der Waals surface area contributed by atoms with Crippen molar-refractivity contribution in [2.45, 2.75) is 122 Å². The minimum atomic E-state index is -1.61. The van der Waals surface area contributed by atoms with Gasteiger partial charge in [-0.25, -0.2) is 4.79 Å². The number of rotatable bonds is 20. The number of fused-ring (bicyclic) bond motifs is 5. The molecule has 0 spiro atoms. The van der Waals surface area contributed by atoms with Crippen molar-refractivity contribution in [2.24, 2.45) is 5.92 Å². The standard InChI is InChI=1S/C43H63N7O13/c1-7-24(2)14-12-10-8-9-11-13-15-35(53)48(5)33(23-51)41(58)45-25(3)39(56)44-22-36(54)49(6)37-28-16-17-34(52)29(21-28)30-18-27(20-32(38(30)55)50(62)63)19-31(43(60)61)47-40(57)26(4)46-42(37)59/h16-18,20-21,24-26,31,33,37,51-52,55,62-63H,7-15,19,22-23H2,1-6H3,(H,44,56)(H,45,58)(H,46,59)(H,47,57)(H,60,61). The van der Waals surface area contributed by atoms with Crippen molar-refractivity contribution < 1.29 is 64.4 Å². The number of amides is 6. The molecule has 0 aliphatic carbocycles. The fourth-order valence-electron chi connectivity index (χ4n) is 7.11. The maximum Gasteiger partial charge on any atom is 0.326 e. The van der Waals surface area contributed by atoms with Gasteiger partial charge in [-0.05, 0) is 61.6 Å². The van der Waals surface area contributed by atoms with Gasteiger partial charge in [0.1, 0.15) is 41.6 Å². The van der Waals surface area contributed by atoms with E-state index in [2.05, 4.69) is 35.1 Å². The van der Waals surface area contributed by atoms with E-state index in [1.807, 2.05) is 0 Å². The summed E-state index contributed by atoms with van der Waals surface area (Å²) in [6, 6.07) is -1.15. The topological polar surface area (TPSA) is 299 Å². The molecule has 6 amide bonds. The molecule has 6 atom stereocenters. The molecular formula is C43H63N7O13. The second-order valence-electron chi connectivity index (χ2n) is 16.1. The van der Waals surface area contributed by atoms with E-state index in [4.69, 9.17) is 0 Å². The van der Waals surface area contributed by atoms with Crippen molar-refractivity contribution in [3.8, 4) is 22.6 Å². The molecule has 0 aromatic heterocycles. The SMILES string of the molecule is CCC(C)CCCCCCCCC(=O)N(C)C(CO)C(=O)NC(C)C(=O)NCC(=O)N(C)C1C(=O)NC(C)C(=O)NC(C(=O)O)Cc2cc(c(O)c(N(O)O)c2)-c2cc1ccc2O. The number of phenols is 2. The number of aliphatic hydroxyl groups is 1. The molecule has 0 saturated heterocycles. The largest absolute Gasteiger partial charge is 0.507 e. The van der Waals surface area contributed by atoms with Gasteiger partial charge in [0.2, 0.25) is 35.4 Å². The summed E-state index contributed by atoms with van der Waals surface area (Å²) in [5.41, 5.74) is -0.918. The molecule has 20 nitrogen and oxygen atoms in total. The molecule has 0 fully saturated rings. The van der Waals surface area contributed by atoms with Crippen molar-refractivity contribution in [3.63, 3.8) is 0 Å². The summed E-state index contributed by atoms with van der Waals surface area (Å²) in [6.07, 6.45) is 8.01. The zero-order chi connectivity index (χ0) is 47.1. The van der Waals surface area contributed by atoms with Crippen molar-refractivity contribution >= 4 is 47.1 Å². The third kappa shape index (κ3) is 14.3. The molecule has 63 heavy (non-hydrogen) atoms. The van der Waals surface area contributed by atoms with E-state index in [9.17, 15) is 64.4 Å². The molecule has 1 aliphatic heterocycles. The molecule has 2 aromatic rings. The number of aliphatic hydroxyl groups excluding tert-OH is 1. The number of hydrogen-bond donors (Lipinski definition) is 10. The van der Waals surface area contributed by atoms with E-state index in [0.29, 0.717) is 6.42 Å². The number of phenolic OH excluding ortho intramolecular Hbond substituents is 2. The number of nitrogens with one attached hydrogen (secondary N) is 4. The Balaban J connectivity index is 1.75. The Bertz CT molecular complexity index is 1960. The first-order chi connectivity index (χ1) is 29.7. The zero-order valence-electron chi connectivity index (χ0n) is 36.7. The number of carbonyl (C=O) groups is 7. The number of anilines is 1. The van der Waals surface area contributed by atoms with Crippen molar-refractivity contribution in [2.75, 3.05) is 32.5 Å². The van der Waals surface area contributed by atoms with Crippen LogP contribution in [0.4, 0.5) is 5.69 Å². The van der Waals surface area contributed by atoms with Gasteiger partial charge in [0.15, 0.2) is 5.75 Å². The molecule has 1 heterocycles. The summed E-state index contributed by atoms with van der Waals surface area (Å²) in [7, 11) is 2.61. The number of carbonyl (C=O) groups excluding carboxylic acids is 6. The third-order valence-corrected chi connectivity index (χ3v) is 11.4. The first kappa shape index (κ1) is 51.4. The van der Waals surface area contributed by atoms with Gasteiger partial charge in [-0.15, -0.1) is 5.23 Å². The van der Waals surface area contributed by atoms with Crippen LogP contribution >= 0.6 is 0 Å². The van der Waals surface area contributed by atoms with Crippen LogP contribution in [0.15, 0.2) is 30.3 Å². The van der Waals surface area contributed by atoms with Crippen LogP contribution in [0.1, 0.15) is 103 Å². The maximum absolute atomic E-state index is 13.9. The highest BCUT2D eigenvalue weighted by Gasteiger charge is 2.34. The van der Waals surface area contributed by atoms with Gasteiger partial charge in [0.25, 0.3) is 0 Å². The zero-order valence-corrected chi connectivity index (χ0v) is 36.7. The summed E-state index contributed by atoms with van der Waals surface area (Å²) in [5, 5.41) is 70.8. The summed E-state index contributed by atoms with van der Waals surface area (Å²) in [4.78, 5) is 94.1. The Morgan fingerprint density at radius 2 is 1.51 bits per heavy atom. The molecule has 4 bridgehead atoms. The van der Waals surface area contributed by atoms with Gasteiger partial charge < -0.3 is 51.5 Å². The highest BCUT2D eigenvalue weighted by atomic mass is 16.8. The molecular weight excluding hydrogens is 823 g/mol. The van der Waals surface area contributed by atoms with Crippen LogP contribution in [0.3, 0.4) is 0 Å². The number of aliphatic carboxylic acids is 1. The first-order valence-corrected chi connectivity index (χ1v) is 21.1. The number of unbranched alkanes of at least 4 members (excludes halogenated alkanes) is 5. The normalized spacial score (nSPS) is 17.8. The van der Waals surface area contributed by atoms with E-state index in [-0.39, 0.29) is 34.6 Å². The van der Waals surface area contributed by atoms with E-state index >= 15 is 0 Å². The van der Waals surface area contributed by atoms with Crippen LogP contribution in [0.5, 0.6) is 11.5 Å². The molecule has 6 unspecified atom stereocenters. The first-order valence-electron chi connectivity index (χ1n) is 21.1. The van der Waals surface area contributed by atoms with Crippen LogP contribution in [0.25, 0.3) is 11.1 Å². The van der Waals surface area contributed by atoms with Gasteiger partial charge in [0, 0.05) is 38.1 Å². The van der Waals surface area contributed by atoms with Gasteiger partial charge in [-0.3, -0.25) is 39.2 Å². The monoisotopic (exact) mass is 885 g/mol. The number of nitrogens with zero attached hydrogens (tertiary/aromatic N) is 3. The summed E-state index contributed by atoms with van der Waals surface area (Å²) < 4.78 is 0. The molecule has 10 N–H and O–H groups in total. The van der Waals surface area contributed by atoms with Crippen molar-refractivity contribution in [3.05, 3.63) is 41.5 Å². The smallest absolute Gasteiger partial charge is 0.326 e. The average Bonchev–Trinajstić information content (AvgIpc) is 3.23. The Morgan fingerprint density at radius 3 is 2.13 bits per heavy atom. The molecule has 3 rings (SSSR count). The number of benzene rings is 2. The number of likely N-dealkylation sites (N-methyl/N-ethyl adjacent to an activating group) is 2. The maximum atomic E-state index is 13.9. The Morgan fingerprint density at radius 1 is 0.857 bits per heavy atom. The number of carboxylic acid groups (broad SMARTS) is 1. The molecule has 1 aliphatic rings. The lowest BCUT2D eigenvalue weighted by atomic mass is 9.93. The van der Waals surface area contributed by atoms with Crippen molar-refractivity contribution in [1.82, 2.24) is 31.1 Å². The van der Waals surface area contributed by atoms with E-state index in [0.717, 1.165) is 53.5 Å². The van der Waals surface area contributed by atoms with Crippen LogP contribution in [-0.2, 0) is 40.0 Å². The van der Waals surface area contributed by atoms with E-state index in [1.165, 1.54) is 65.4 Å². The Hall–Kier alpha value is -5.99. The summed E-state index contributed by atoms with van der Waals surface area (Å²) in [5.74, 6) is -6.69. The van der Waals surface area contributed by atoms with Crippen LogP contribution in [-0.4, -0.2) is 133 Å². The number of hydrogen-bond acceptors (Lipinski definition) is 13. The van der Waals surface area contributed by atoms with Gasteiger partial charge in [-0.1, -0.05) is 64.9 Å². The fraction of sp³-hybridized carbons (Fsp3) is 0.558. The molecule has 2 aromatic carbocycles. The predicted octanol–water partition coefficient (Wildman–Crippen LogP) is 2.09. The van der Waals surface area contributed by atoms with Gasteiger partial charge in [-0.2, -0.15) is 0 Å². The summed E-state index contributed by atoms with van der Waals surface area (Å²) >= 11 is 0. The minimum Gasteiger partial charge on any atom is -0.507 e. The lowest BCUT2D eigenvalue weighted by Crippen LogP contribution is -2.55. The summed E-state index contributed by atoms with van der Waals surface area (Å²) in [6.45, 7) is 5.61. The highest BCUT2D eigenvalue weighted by molar-refractivity contribution is 5.96. The second kappa shape index (κ2) is 24.0. The average molecular weight is 886 g/mol. The van der Waals surface area contributed by atoms with E-state index in [1.54, 1.807) is 0 Å². The number of aromatic hydroxyl groups is 2. The van der Waals surface area contributed by atoms with Crippen LogP contribution in [0, 0.1) is 5.92 Å². The third-order valence-electron chi connectivity index (χ3n) is 11.4. The van der Waals surface area contributed by atoms with E-state index < -0.39 is 108 Å². The Labute approximate surface area is 366 Å². The van der Waals surface area contributed by atoms with Crippen LogP contribution < -0.4 is 26.5 Å². The van der Waals surface area contributed by atoms with Crippen LogP contribution in [0.2, 0.25) is 0 Å². The lowest BCUT2D eigenvalue weighted by Gasteiger charge is -2.30. The van der Waals surface area contributed by atoms with Gasteiger partial charge in [0.05, 0.1) is 13.2 Å². The minimum absolute atomic E-state index is 0.0219. The second-order valence-corrected chi connectivity index (χ2v) is 16.1. The molecule has 348 valence electrons. The highest BCUT2D eigenvalue weighted by Crippen LogP contribution is 2.43. The molecule has 20 heteroatoms. The fourth-order valence-corrected chi connectivity index (χ4v) is 7.11. The Kier molecular flexibility index (Phi) is 19.6.